The zero-order chi connectivity index (χ0) is 11.1. The highest BCUT2D eigenvalue weighted by Crippen LogP contribution is 2.34. The van der Waals surface area contributed by atoms with Crippen LogP contribution in [0.2, 0.25) is 0 Å². The topological polar surface area (TPSA) is 66.4 Å². The van der Waals surface area contributed by atoms with E-state index in [4.69, 9.17) is 0 Å². The molecule has 0 aromatic carbocycles. The van der Waals surface area contributed by atoms with Crippen LogP contribution >= 0.6 is 0 Å². The molecule has 2 heterocycles. The summed E-state index contributed by atoms with van der Waals surface area (Å²) in [4.78, 5) is 0. The molecule has 5 heteroatoms. The van der Waals surface area contributed by atoms with Crippen LogP contribution in [0.15, 0.2) is 0 Å². The number of nitrogens with one attached hydrogen (secondary N) is 1. The molecular formula is C10H19NO3S. The lowest BCUT2D eigenvalue weighted by molar-refractivity contribution is 0.186. The molecule has 0 aromatic heterocycles. The first kappa shape index (κ1) is 11.4. The van der Waals surface area contributed by atoms with Crippen LogP contribution in [-0.2, 0) is 9.84 Å². The Morgan fingerprint density at radius 1 is 1.47 bits per heavy atom. The van der Waals surface area contributed by atoms with Crippen LogP contribution in [0, 0.1) is 11.8 Å². The van der Waals surface area contributed by atoms with Gasteiger partial charge < -0.3 is 10.4 Å². The molecule has 0 aromatic rings. The summed E-state index contributed by atoms with van der Waals surface area (Å²) in [5.41, 5.74) is -0.197. The van der Waals surface area contributed by atoms with E-state index in [9.17, 15) is 13.5 Å². The number of sulfone groups is 1. The number of rotatable bonds is 2. The van der Waals surface area contributed by atoms with Crippen LogP contribution < -0.4 is 5.32 Å². The summed E-state index contributed by atoms with van der Waals surface area (Å²) < 4.78 is 22.7. The van der Waals surface area contributed by atoms with Gasteiger partial charge in [-0.3, -0.25) is 0 Å². The Kier molecular flexibility index (Phi) is 2.81. The van der Waals surface area contributed by atoms with Crippen LogP contribution in [0.3, 0.4) is 0 Å². The van der Waals surface area contributed by atoms with Crippen LogP contribution in [0.4, 0.5) is 0 Å². The maximum atomic E-state index is 11.4. The molecule has 0 saturated carbocycles. The standard InChI is InChI=1S/C10H19NO3S/c1-10(7-12)4-9(5-11-10)8-2-3-15(13,14)6-8/h8-9,11-12H,2-7H2,1H3. The Bertz CT molecular complexity index is 341. The van der Waals surface area contributed by atoms with Gasteiger partial charge in [0.15, 0.2) is 9.84 Å². The van der Waals surface area contributed by atoms with Crippen molar-refractivity contribution >= 4 is 9.84 Å². The largest absolute Gasteiger partial charge is 0.394 e. The van der Waals surface area contributed by atoms with Crippen LogP contribution in [0.25, 0.3) is 0 Å². The minimum absolute atomic E-state index is 0.128. The van der Waals surface area contributed by atoms with Gasteiger partial charge in [0.25, 0.3) is 0 Å². The van der Waals surface area contributed by atoms with E-state index < -0.39 is 9.84 Å². The molecule has 4 nitrogen and oxygen atoms in total. The van der Waals surface area contributed by atoms with Crippen molar-refractivity contribution < 1.29 is 13.5 Å². The molecule has 0 bridgehead atoms. The van der Waals surface area contributed by atoms with Crippen molar-refractivity contribution in [2.75, 3.05) is 24.7 Å². The number of hydrogen-bond acceptors (Lipinski definition) is 4. The van der Waals surface area contributed by atoms with Crippen LogP contribution in [0.5, 0.6) is 0 Å². The predicted molar refractivity (Wildman–Crippen MR) is 58.4 cm³/mol. The fourth-order valence-electron chi connectivity index (χ4n) is 2.75. The van der Waals surface area contributed by atoms with Gasteiger partial charge in [-0.05, 0) is 38.1 Å². The van der Waals surface area contributed by atoms with Crippen LogP contribution in [-0.4, -0.2) is 43.7 Å². The lowest BCUT2D eigenvalue weighted by atomic mass is 9.86. The monoisotopic (exact) mass is 233 g/mol. The molecule has 2 saturated heterocycles. The van der Waals surface area contributed by atoms with Crippen molar-refractivity contribution in [1.82, 2.24) is 5.32 Å². The molecule has 88 valence electrons. The molecule has 2 aliphatic heterocycles. The third kappa shape index (κ3) is 2.34. The van der Waals surface area contributed by atoms with Gasteiger partial charge in [-0.2, -0.15) is 0 Å². The van der Waals surface area contributed by atoms with Crippen LogP contribution in [0.1, 0.15) is 19.8 Å². The third-order valence-electron chi connectivity index (χ3n) is 3.79. The molecule has 0 radical (unpaired) electrons. The minimum Gasteiger partial charge on any atom is -0.394 e. The van der Waals surface area contributed by atoms with E-state index in [1.807, 2.05) is 6.92 Å². The molecule has 3 unspecified atom stereocenters. The lowest BCUT2D eigenvalue weighted by Crippen LogP contribution is -2.39. The second-order valence-corrected chi connectivity index (χ2v) is 7.46. The SMILES string of the molecule is CC1(CO)CC(C2CCS(=O)(=O)C2)CN1. The minimum atomic E-state index is -2.77. The van der Waals surface area contributed by atoms with Crippen molar-refractivity contribution in [3.8, 4) is 0 Å². The van der Waals surface area contributed by atoms with Gasteiger partial charge in [0.05, 0.1) is 18.1 Å². The van der Waals surface area contributed by atoms with Crippen molar-refractivity contribution in [3.63, 3.8) is 0 Å². The summed E-state index contributed by atoms with van der Waals surface area (Å²) in [5.74, 6) is 1.42. The predicted octanol–water partition coefficient (Wildman–Crippen LogP) is -0.218. The Labute approximate surface area is 91.0 Å². The quantitative estimate of drug-likeness (QED) is 0.692. The van der Waals surface area contributed by atoms with E-state index >= 15 is 0 Å². The van der Waals surface area contributed by atoms with Gasteiger partial charge in [0.2, 0.25) is 0 Å². The highest BCUT2D eigenvalue weighted by Gasteiger charge is 2.41. The molecule has 0 aliphatic carbocycles. The van der Waals surface area contributed by atoms with Gasteiger partial charge in [-0.15, -0.1) is 0 Å². The summed E-state index contributed by atoms with van der Waals surface area (Å²) in [6.45, 7) is 2.97. The van der Waals surface area contributed by atoms with Crippen molar-refractivity contribution in [2.45, 2.75) is 25.3 Å². The maximum absolute atomic E-state index is 11.4. The van der Waals surface area contributed by atoms with E-state index in [2.05, 4.69) is 5.32 Å². The van der Waals surface area contributed by atoms with Crippen molar-refractivity contribution in [2.24, 2.45) is 11.8 Å². The van der Waals surface area contributed by atoms with Gasteiger partial charge in [0, 0.05) is 5.54 Å². The molecule has 2 N–H and O–H groups in total. The smallest absolute Gasteiger partial charge is 0.150 e. The number of aliphatic hydroxyl groups is 1. The third-order valence-corrected chi connectivity index (χ3v) is 5.58. The zero-order valence-corrected chi connectivity index (χ0v) is 9.89. The summed E-state index contributed by atoms with van der Waals surface area (Å²) in [6.07, 6.45) is 1.69. The first-order valence-electron chi connectivity index (χ1n) is 5.50. The van der Waals surface area contributed by atoms with Gasteiger partial charge >= 0.3 is 0 Å². The fourth-order valence-corrected chi connectivity index (χ4v) is 4.67. The molecule has 0 amide bonds. The summed E-state index contributed by atoms with van der Waals surface area (Å²) >= 11 is 0. The first-order valence-corrected chi connectivity index (χ1v) is 7.33. The fraction of sp³-hybridized carbons (Fsp3) is 1.00. The van der Waals surface area contributed by atoms with Gasteiger partial charge in [0.1, 0.15) is 0 Å². The number of hydrogen-bond donors (Lipinski definition) is 2. The molecule has 0 spiro atoms. The van der Waals surface area contributed by atoms with E-state index in [1.165, 1.54) is 0 Å². The lowest BCUT2D eigenvalue weighted by Gasteiger charge is -2.22. The summed E-state index contributed by atoms with van der Waals surface area (Å²) in [6, 6.07) is 0. The highest BCUT2D eigenvalue weighted by atomic mass is 32.2. The normalized spacial score (nSPS) is 44.7. The van der Waals surface area contributed by atoms with E-state index in [-0.39, 0.29) is 12.1 Å². The highest BCUT2D eigenvalue weighted by molar-refractivity contribution is 7.91. The van der Waals surface area contributed by atoms with E-state index in [0.29, 0.717) is 23.3 Å². The Balaban J connectivity index is 1.98. The Morgan fingerprint density at radius 3 is 2.67 bits per heavy atom. The molecule has 15 heavy (non-hydrogen) atoms. The molecular weight excluding hydrogens is 214 g/mol. The van der Waals surface area contributed by atoms with Crippen molar-refractivity contribution in [3.05, 3.63) is 0 Å². The van der Waals surface area contributed by atoms with Gasteiger partial charge in [-0.1, -0.05) is 0 Å². The first-order chi connectivity index (χ1) is 6.94. The summed E-state index contributed by atoms with van der Waals surface area (Å²) in [7, 11) is -2.77. The molecule has 2 aliphatic rings. The summed E-state index contributed by atoms with van der Waals surface area (Å²) in [5, 5.41) is 12.5. The van der Waals surface area contributed by atoms with E-state index in [0.717, 1.165) is 19.4 Å². The molecule has 2 fully saturated rings. The number of aliphatic hydroxyl groups excluding tert-OH is 1. The average molecular weight is 233 g/mol. The van der Waals surface area contributed by atoms with Crippen molar-refractivity contribution in [1.29, 1.82) is 0 Å². The maximum Gasteiger partial charge on any atom is 0.150 e. The van der Waals surface area contributed by atoms with E-state index in [1.54, 1.807) is 0 Å². The molecule has 3 atom stereocenters. The second-order valence-electron chi connectivity index (χ2n) is 5.23. The Hall–Kier alpha value is -0.130. The van der Waals surface area contributed by atoms with Gasteiger partial charge in [-0.25, -0.2) is 8.42 Å². The zero-order valence-electron chi connectivity index (χ0n) is 9.07. The second kappa shape index (κ2) is 3.71. The average Bonchev–Trinajstić information content (AvgIpc) is 2.71. The Morgan fingerprint density at radius 2 is 2.20 bits per heavy atom. The molecule has 2 rings (SSSR count).